The van der Waals surface area contributed by atoms with E-state index < -0.39 is 29.4 Å². The van der Waals surface area contributed by atoms with E-state index in [1.165, 1.54) is 18.5 Å². The summed E-state index contributed by atoms with van der Waals surface area (Å²) < 4.78 is 0. The number of anilines is 3. The van der Waals surface area contributed by atoms with Crippen molar-refractivity contribution >= 4 is 46.6 Å². The zero-order valence-electron chi connectivity index (χ0n) is 38.8. The van der Waals surface area contributed by atoms with Crippen molar-refractivity contribution < 1.29 is 29.1 Å². The van der Waals surface area contributed by atoms with Gasteiger partial charge in [0.05, 0.1) is 41.5 Å². The van der Waals surface area contributed by atoms with Gasteiger partial charge in [0, 0.05) is 68.3 Å². The number of hydrazine groups is 1. The third-order valence-corrected chi connectivity index (χ3v) is 17.1. The molecule has 358 valence electrons. The Labute approximate surface area is 392 Å². The molecule has 17 heteroatoms. The van der Waals surface area contributed by atoms with E-state index in [4.69, 9.17) is 0 Å². The van der Waals surface area contributed by atoms with Crippen LogP contribution in [0, 0.1) is 11.3 Å². The number of nitrogens with one attached hydrogen (secondary N) is 5. The molecule has 6 unspecified atom stereocenters. The normalized spacial score (nSPS) is 33.6. The number of piperidine rings is 5. The standard InChI is InChI=1S/C50H67N11O6/c1-49(67)18-3-2-4-23-59-45(64)38-31-51-48(55-43(38)61(59)41-7-5-6-40(49)53-41)52-32-8-10-33(11-9-32)56-24-16-34(17-25-56)57-26-19-50(20-27-57)21-28-58(29-22-50)35-12-13-36-37(30-35)47(66)60(46(36)65)39-14-15-42(62)54-44(39)63/h2,4,8-13,30,34,38-41,43,48,51-53,55,67H,3,5-7,14-29,31H2,1H3,(H,54,62,63)/b4-2-/t38?,39?,40?,41?,43?,48?,49-/m1/s1. The molecule has 0 saturated carbocycles. The van der Waals surface area contributed by atoms with Gasteiger partial charge < -0.3 is 25.1 Å². The number of nitrogens with zero attached hydrogens (tertiary/aromatic N) is 6. The molecule has 9 aliphatic rings. The van der Waals surface area contributed by atoms with Crippen molar-refractivity contribution in [2.45, 2.75) is 133 Å². The number of likely N-dealkylation sites (tertiary alicyclic amines) is 1. The van der Waals surface area contributed by atoms with E-state index in [0.717, 1.165) is 107 Å². The highest BCUT2D eigenvalue weighted by Gasteiger charge is 2.53. The SMILES string of the molecule is C[C@@]1(O)CC/C=C\CN2C(=O)C3CNC(Nc4ccc(N5CCC(N6CCC7(CCN(c8ccc9c(c8)C(=O)N(C8CCC(=O)NC8=O)C9=O)CC7)CC6)CC5)cc4)NC3N2C2CCCC1N2. The Morgan fingerprint density at radius 1 is 0.746 bits per heavy atom. The lowest BCUT2D eigenvalue weighted by Crippen LogP contribution is -2.69. The zero-order valence-corrected chi connectivity index (χ0v) is 38.8. The molecule has 7 fully saturated rings. The summed E-state index contributed by atoms with van der Waals surface area (Å²) in [5.74, 6) is -1.97. The molecule has 5 amide bonds. The summed E-state index contributed by atoms with van der Waals surface area (Å²) in [6, 6.07) is 13.8. The van der Waals surface area contributed by atoms with E-state index in [0.29, 0.717) is 42.1 Å². The second kappa shape index (κ2) is 17.9. The number of rotatable bonds is 6. The highest BCUT2D eigenvalue weighted by atomic mass is 16.3. The van der Waals surface area contributed by atoms with Gasteiger partial charge in [-0.25, -0.2) is 0 Å². The summed E-state index contributed by atoms with van der Waals surface area (Å²) in [6.45, 7) is 9.17. The minimum atomic E-state index is -0.960. The Morgan fingerprint density at radius 2 is 1.46 bits per heavy atom. The Kier molecular flexibility index (Phi) is 11.9. The van der Waals surface area contributed by atoms with Crippen molar-refractivity contribution in [1.29, 1.82) is 0 Å². The highest BCUT2D eigenvalue weighted by molar-refractivity contribution is 6.23. The van der Waals surface area contributed by atoms with Gasteiger partial charge in [0.2, 0.25) is 17.7 Å². The number of hydrogen-bond donors (Lipinski definition) is 6. The van der Waals surface area contributed by atoms with Gasteiger partial charge in [0.1, 0.15) is 12.3 Å². The van der Waals surface area contributed by atoms with Crippen LogP contribution in [0.1, 0.15) is 111 Å². The van der Waals surface area contributed by atoms with Crippen molar-refractivity contribution in [2.75, 3.05) is 67.5 Å². The van der Waals surface area contributed by atoms with Crippen LogP contribution in [-0.4, -0.2) is 149 Å². The van der Waals surface area contributed by atoms with E-state index in [2.05, 4.69) is 82.7 Å². The van der Waals surface area contributed by atoms with Gasteiger partial charge in [0.15, 0.2) is 0 Å². The van der Waals surface area contributed by atoms with E-state index in [1.807, 2.05) is 24.1 Å². The fourth-order valence-corrected chi connectivity index (χ4v) is 12.9. The molecule has 0 aromatic heterocycles. The lowest BCUT2D eigenvalue weighted by molar-refractivity contribution is -0.146. The molecule has 2 aromatic carbocycles. The summed E-state index contributed by atoms with van der Waals surface area (Å²) in [4.78, 5) is 73.3. The Balaban J connectivity index is 0.643. The van der Waals surface area contributed by atoms with Crippen LogP contribution in [0.3, 0.4) is 0 Å². The monoisotopic (exact) mass is 918 g/mol. The minimum Gasteiger partial charge on any atom is -0.389 e. The van der Waals surface area contributed by atoms with Crippen LogP contribution >= 0.6 is 0 Å². The number of imide groups is 2. The van der Waals surface area contributed by atoms with Crippen molar-refractivity contribution in [3.63, 3.8) is 0 Å². The van der Waals surface area contributed by atoms with Gasteiger partial charge in [-0.3, -0.25) is 55.1 Å². The van der Waals surface area contributed by atoms with E-state index in [9.17, 15) is 29.1 Å². The van der Waals surface area contributed by atoms with Crippen LogP contribution in [0.15, 0.2) is 54.6 Å². The molecular weight excluding hydrogens is 851 g/mol. The molecule has 7 saturated heterocycles. The van der Waals surface area contributed by atoms with Crippen molar-refractivity contribution in [2.24, 2.45) is 11.3 Å². The third kappa shape index (κ3) is 8.43. The van der Waals surface area contributed by atoms with E-state index >= 15 is 0 Å². The molecule has 67 heavy (non-hydrogen) atoms. The van der Waals surface area contributed by atoms with Crippen LogP contribution in [0.25, 0.3) is 0 Å². The lowest BCUT2D eigenvalue weighted by Gasteiger charge is -2.50. The molecule has 1 spiro atoms. The summed E-state index contributed by atoms with van der Waals surface area (Å²) >= 11 is 0. The number of aliphatic hydroxyl groups is 1. The Bertz CT molecular complexity index is 2280. The lowest BCUT2D eigenvalue weighted by atomic mass is 9.71. The average Bonchev–Trinajstić information content (AvgIpc) is 3.75. The number of hydrogen-bond acceptors (Lipinski definition) is 14. The molecule has 0 radical (unpaired) electrons. The first-order valence-corrected chi connectivity index (χ1v) is 25.1. The van der Waals surface area contributed by atoms with E-state index in [-0.39, 0.29) is 55.2 Å². The van der Waals surface area contributed by atoms with Gasteiger partial charge >= 0.3 is 0 Å². The summed E-state index contributed by atoms with van der Waals surface area (Å²) in [6.07, 6.45) is 15.2. The van der Waals surface area contributed by atoms with E-state index in [1.54, 1.807) is 6.07 Å². The fraction of sp³-hybridized carbons (Fsp3) is 0.620. The maximum Gasteiger partial charge on any atom is 0.262 e. The second-order valence-corrected chi connectivity index (χ2v) is 21.0. The van der Waals surface area contributed by atoms with Crippen LogP contribution in [0.2, 0.25) is 0 Å². The van der Waals surface area contributed by atoms with Gasteiger partial charge in [-0.15, -0.1) is 0 Å². The summed E-state index contributed by atoms with van der Waals surface area (Å²) in [5.41, 5.74) is 3.37. The molecule has 11 rings (SSSR count). The molecule has 9 heterocycles. The second-order valence-electron chi connectivity index (χ2n) is 21.0. The number of fused-ring (bicyclic) bond motifs is 7. The molecular formula is C50H67N11O6. The first-order chi connectivity index (χ1) is 32.4. The van der Waals surface area contributed by atoms with Gasteiger partial charge in [-0.1, -0.05) is 12.2 Å². The molecule has 9 aliphatic heterocycles. The maximum absolute atomic E-state index is 13.8. The van der Waals surface area contributed by atoms with Crippen molar-refractivity contribution in [1.82, 2.24) is 41.1 Å². The number of allylic oxidation sites excluding steroid dienone is 1. The van der Waals surface area contributed by atoms with Gasteiger partial charge in [0.25, 0.3) is 11.8 Å². The Morgan fingerprint density at radius 3 is 2.22 bits per heavy atom. The molecule has 17 nitrogen and oxygen atoms in total. The van der Waals surface area contributed by atoms with Crippen LogP contribution in [-0.2, 0) is 14.4 Å². The third-order valence-electron chi connectivity index (χ3n) is 17.1. The smallest absolute Gasteiger partial charge is 0.262 e. The van der Waals surface area contributed by atoms with Crippen molar-refractivity contribution in [3.8, 4) is 0 Å². The molecule has 7 atom stereocenters. The van der Waals surface area contributed by atoms with Crippen LogP contribution in [0.5, 0.6) is 0 Å². The number of carbonyl (C=O) groups is 5. The largest absolute Gasteiger partial charge is 0.389 e. The summed E-state index contributed by atoms with van der Waals surface area (Å²) in [7, 11) is 0. The summed E-state index contributed by atoms with van der Waals surface area (Å²) in [5, 5.41) is 32.5. The zero-order chi connectivity index (χ0) is 46.0. The van der Waals surface area contributed by atoms with Crippen LogP contribution in [0.4, 0.5) is 17.1 Å². The van der Waals surface area contributed by atoms with Crippen molar-refractivity contribution in [3.05, 3.63) is 65.7 Å². The molecule has 0 aliphatic carbocycles. The minimum absolute atomic E-state index is 0.0233. The number of benzene rings is 2. The molecule has 2 bridgehead atoms. The average molecular weight is 918 g/mol. The molecule has 6 N–H and O–H groups in total. The van der Waals surface area contributed by atoms with Gasteiger partial charge in [-0.05, 0) is 145 Å². The Hall–Kier alpha value is -4.91. The number of carbonyl (C=O) groups excluding carboxylic acids is 5. The van der Waals surface area contributed by atoms with Crippen LogP contribution < -0.4 is 36.4 Å². The first kappa shape index (κ1) is 44.6. The highest BCUT2D eigenvalue weighted by Crippen LogP contribution is 2.44. The van der Waals surface area contributed by atoms with Gasteiger partial charge in [-0.2, -0.15) is 5.01 Å². The topological polar surface area (TPSA) is 185 Å². The first-order valence-electron chi connectivity index (χ1n) is 25.1. The number of amides is 5. The molecule has 2 aromatic rings. The predicted molar refractivity (Wildman–Crippen MR) is 252 cm³/mol. The predicted octanol–water partition coefficient (Wildman–Crippen LogP) is 2.90. The fourth-order valence-electron chi connectivity index (χ4n) is 12.9. The maximum atomic E-state index is 13.8. The quantitative estimate of drug-likeness (QED) is 0.184.